The van der Waals surface area contributed by atoms with Gasteiger partial charge in [0.2, 0.25) is 0 Å². The average Bonchev–Trinajstić information content (AvgIpc) is 1.98. The molecule has 16 heavy (non-hydrogen) atoms. The largest absolute Gasteiger partial charge is 1.00 e. The van der Waals surface area contributed by atoms with Gasteiger partial charge in [-0.05, 0) is 0 Å². The van der Waals surface area contributed by atoms with Crippen LogP contribution in [0.5, 0.6) is 0 Å². The van der Waals surface area contributed by atoms with Crippen LogP contribution in [0.25, 0.3) is 0 Å². The van der Waals surface area contributed by atoms with E-state index in [1.807, 2.05) is 0 Å². The molecule has 0 saturated carbocycles. The number of carbonyl (C=O) groups is 3. The Morgan fingerprint density at radius 2 is 1.69 bits per heavy atom. The maximum atomic E-state index is 10.2. The monoisotopic (exact) mass is 266 g/mol. The van der Waals surface area contributed by atoms with Crippen LogP contribution in [0.3, 0.4) is 0 Å². The normalized spacial score (nSPS) is 11.1. The number of hydrogen-bond donors (Lipinski definition) is 3. The maximum Gasteiger partial charge on any atom is 1.00 e. The molecule has 1 unspecified atom stereocenters. The predicted molar refractivity (Wildman–Crippen MR) is 41.3 cm³/mol. The second kappa shape index (κ2) is 9.54. The Hall–Kier alpha value is -0.680. The van der Waals surface area contributed by atoms with Crippen molar-refractivity contribution >= 4 is 28.5 Å². The van der Waals surface area contributed by atoms with Crippen LogP contribution >= 0.6 is 0 Å². The van der Waals surface area contributed by atoms with E-state index in [9.17, 15) is 23.1 Å². The summed E-state index contributed by atoms with van der Waals surface area (Å²) < 4.78 is 28.5. The Labute approximate surface area is 112 Å². The first-order valence-electron chi connectivity index (χ1n) is 3.13. The number of carboxylic acids is 2. The summed E-state index contributed by atoms with van der Waals surface area (Å²) in [4.78, 5) is 28.2. The van der Waals surface area contributed by atoms with Gasteiger partial charge in [0, 0.05) is 0 Å². The van der Waals surface area contributed by atoms with Gasteiger partial charge in [0.15, 0.2) is 0 Å². The summed E-state index contributed by atoms with van der Waals surface area (Å²) in [5.41, 5.74) is 0. The Bertz CT molecular complexity index is 334. The molecular weight excluding hydrogens is 259 g/mol. The molecule has 0 aliphatic carbocycles. The van der Waals surface area contributed by atoms with E-state index in [1.165, 1.54) is 0 Å². The molecular formula is C5H7NaO9S. The van der Waals surface area contributed by atoms with Gasteiger partial charge in [0.1, 0.15) is 5.25 Å². The molecule has 0 fully saturated rings. The SMILES string of the molecule is O=C(O)CC(C(=O)[O-])S(=O)(=O)O.O=CO.[Na+]. The fourth-order valence-corrected chi connectivity index (χ4v) is 1.07. The van der Waals surface area contributed by atoms with Crippen molar-refractivity contribution in [3.63, 3.8) is 0 Å². The Kier molecular flexibility index (Phi) is 12.3. The molecule has 0 spiro atoms. The summed E-state index contributed by atoms with van der Waals surface area (Å²) in [7, 11) is -4.90. The second-order valence-electron chi connectivity index (χ2n) is 2.03. The van der Waals surface area contributed by atoms with Gasteiger partial charge in [-0.3, -0.25) is 14.1 Å². The zero-order valence-corrected chi connectivity index (χ0v) is 10.9. The van der Waals surface area contributed by atoms with Crippen LogP contribution in [0.1, 0.15) is 6.42 Å². The van der Waals surface area contributed by atoms with Crippen LogP contribution in [-0.2, 0) is 24.5 Å². The van der Waals surface area contributed by atoms with E-state index < -0.39 is 33.7 Å². The van der Waals surface area contributed by atoms with Gasteiger partial charge in [0.05, 0.1) is 12.4 Å². The third-order valence-electron chi connectivity index (χ3n) is 0.982. The number of aliphatic carboxylic acids is 2. The van der Waals surface area contributed by atoms with Gasteiger partial charge < -0.3 is 20.1 Å². The van der Waals surface area contributed by atoms with Crippen LogP contribution in [0.2, 0.25) is 0 Å². The number of hydrogen-bond acceptors (Lipinski definition) is 6. The number of carboxylic acid groups (broad SMARTS) is 3. The van der Waals surface area contributed by atoms with Crippen molar-refractivity contribution < 1.29 is 72.2 Å². The molecule has 0 amide bonds. The molecule has 0 aliphatic heterocycles. The van der Waals surface area contributed by atoms with Gasteiger partial charge in [-0.2, -0.15) is 8.42 Å². The summed E-state index contributed by atoms with van der Waals surface area (Å²) in [6.45, 7) is -0.250. The van der Waals surface area contributed by atoms with Gasteiger partial charge in [-0.15, -0.1) is 0 Å². The van der Waals surface area contributed by atoms with Crippen molar-refractivity contribution in [1.29, 1.82) is 0 Å². The number of rotatable bonds is 4. The van der Waals surface area contributed by atoms with Gasteiger partial charge >= 0.3 is 35.5 Å². The summed E-state index contributed by atoms with van der Waals surface area (Å²) in [6, 6.07) is 0. The van der Waals surface area contributed by atoms with Crippen LogP contribution < -0.4 is 34.7 Å². The molecule has 0 rings (SSSR count). The quantitative estimate of drug-likeness (QED) is 0.255. The van der Waals surface area contributed by atoms with E-state index in [-0.39, 0.29) is 36.0 Å². The van der Waals surface area contributed by atoms with Gasteiger partial charge in [-0.1, -0.05) is 0 Å². The summed E-state index contributed by atoms with van der Waals surface area (Å²) in [5.74, 6) is -3.79. The van der Waals surface area contributed by atoms with E-state index in [0.717, 1.165) is 0 Å². The molecule has 0 saturated heterocycles. The molecule has 88 valence electrons. The standard InChI is InChI=1S/C4H6O7S.CH2O2.Na/c5-3(6)1-2(4(7)8)12(9,10)11;2-1-3;/h2H,1H2,(H,5,6)(H,7,8)(H,9,10,11);1H,(H,2,3);/q;;+1/p-1. The van der Waals surface area contributed by atoms with Crippen LogP contribution in [0.15, 0.2) is 0 Å². The van der Waals surface area contributed by atoms with Crippen molar-refractivity contribution in [2.24, 2.45) is 0 Å². The number of carbonyl (C=O) groups excluding carboxylic acids is 1. The molecule has 11 heteroatoms. The van der Waals surface area contributed by atoms with Crippen LogP contribution in [-0.4, -0.2) is 46.8 Å². The first kappa shape index (κ1) is 20.7. The molecule has 0 aliphatic rings. The first-order valence-corrected chi connectivity index (χ1v) is 4.64. The van der Waals surface area contributed by atoms with E-state index in [2.05, 4.69) is 0 Å². The zero-order chi connectivity index (χ0) is 12.6. The third kappa shape index (κ3) is 11.4. The van der Waals surface area contributed by atoms with Crippen molar-refractivity contribution in [2.45, 2.75) is 11.7 Å². The minimum Gasteiger partial charge on any atom is -0.549 e. The summed E-state index contributed by atoms with van der Waals surface area (Å²) >= 11 is 0. The minimum atomic E-state index is -4.90. The van der Waals surface area contributed by atoms with Crippen molar-refractivity contribution in [2.75, 3.05) is 0 Å². The minimum absolute atomic E-state index is 0. The Balaban J connectivity index is -0.000000377. The Morgan fingerprint density at radius 3 is 1.75 bits per heavy atom. The van der Waals surface area contributed by atoms with Crippen LogP contribution in [0.4, 0.5) is 0 Å². The maximum absolute atomic E-state index is 10.2. The molecule has 1 atom stereocenters. The molecule has 0 aromatic heterocycles. The van der Waals surface area contributed by atoms with Crippen molar-refractivity contribution in [3.8, 4) is 0 Å². The summed E-state index contributed by atoms with van der Waals surface area (Å²) in [6.07, 6.45) is -1.22. The molecule has 9 nitrogen and oxygen atoms in total. The van der Waals surface area contributed by atoms with Crippen molar-refractivity contribution in [3.05, 3.63) is 0 Å². The van der Waals surface area contributed by atoms with Crippen LogP contribution in [0, 0.1) is 0 Å². The molecule has 3 N–H and O–H groups in total. The molecule has 0 aromatic rings. The molecule has 0 radical (unpaired) electrons. The molecule has 0 heterocycles. The van der Waals surface area contributed by atoms with E-state index in [4.69, 9.17) is 19.6 Å². The summed E-state index contributed by atoms with van der Waals surface area (Å²) in [5, 5.41) is 22.5. The zero-order valence-electron chi connectivity index (χ0n) is 8.06. The fraction of sp³-hybridized carbons (Fsp3) is 0.400. The fourth-order valence-electron chi connectivity index (χ4n) is 0.469. The first-order chi connectivity index (χ1) is 6.66. The van der Waals surface area contributed by atoms with Gasteiger partial charge in [-0.25, -0.2) is 0 Å². The molecule has 0 bridgehead atoms. The van der Waals surface area contributed by atoms with E-state index in [0.29, 0.717) is 0 Å². The smallest absolute Gasteiger partial charge is 0.549 e. The third-order valence-corrected chi connectivity index (χ3v) is 2.06. The topological polar surface area (TPSA) is 169 Å². The molecule has 0 aromatic carbocycles. The van der Waals surface area contributed by atoms with E-state index in [1.54, 1.807) is 0 Å². The van der Waals surface area contributed by atoms with E-state index >= 15 is 0 Å². The predicted octanol–water partition coefficient (Wildman–Crippen LogP) is -5.83. The van der Waals surface area contributed by atoms with Crippen molar-refractivity contribution in [1.82, 2.24) is 0 Å². The Morgan fingerprint density at radius 1 is 1.38 bits per heavy atom. The average molecular weight is 266 g/mol. The second-order valence-corrected chi connectivity index (χ2v) is 3.62. The van der Waals surface area contributed by atoms with Gasteiger partial charge in [0.25, 0.3) is 16.6 Å².